The van der Waals surface area contributed by atoms with E-state index in [1.807, 2.05) is 37.3 Å². The van der Waals surface area contributed by atoms with E-state index >= 15 is 0 Å². The second kappa shape index (κ2) is 7.37. The molecular weight excluding hydrogens is 372 g/mol. The van der Waals surface area contributed by atoms with Gasteiger partial charge in [-0.05, 0) is 31.0 Å². The third-order valence-electron chi connectivity index (χ3n) is 5.30. The normalized spacial score (nSPS) is 13.9. The van der Waals surface area contributed by atoms with E-state index in [2.05, 4.69) is 0 Å². The summed E-state index contributed by atoms with van der Waals surface area (Å²) in [5.41, 5.74) is 3.29. The van der Waals surface area contributed by atoms with Crippen LogP contribution in [0.25, 0.3) is 0 Å². The van der Waals surface area contributed by atoms with Crippen LogP contribution in [-0.2, 0) is 28.2 Å². The number of sulfonamides is 1. The fourth-order valence-electron chi connectivity index (χ4n) is 3.55. The molecule has 6 heteroatoms. The van der Waals surface area contributed by atoms with Gasteiger partial charge in [-0.15, -0.1) is 0 Å². The molecule has 0 aliphatic carbocycles. The Morgan fingerprint density at radius 2 is 1.57 bits per heavy atom. The van der Waals surface area contributed by atoms with Gasteiger partial charge < -0.3 is 4.57 Å². The number of nitrogens with zero attached hydrogens (tertiary/aromatic N) is 1. The molecule has 0 aliphatic heterocycles. The topological polar surface area (TPSA) is 82.2 Å². The molecule has 5 nitrogen and oxygen atoms in total. The first-order valence-corrected chi connectivity index (χ1v) is 10.5. The number of nitrogens with two attached hydrogens (primary N) is 1. The Kier molecular flexibility index (Phi) is 5.28. The molecule has 0 radical (unpaired) electrons. The van der Waals surface area contributed by atoms with Crippen LogP contribution >= 0.6 is 0 Å². The number of primary sulfonamides is 1. The third-order valence-corrected chi connectivity index (χ3v) is 6.94. The lowest BCUT2D eigenvalue weighted by atomic mass is 9.95. The van der Waals surface area contributed by atoms with Crippen molar-refractivity contribution in [3.63, 3.8) is 0 Å². The van der Waals surface area contributed by atoms with Gasteiger partial charge >= 0.3 is 0 Å². The molecule has 28 heavy (non-hydrogen) atoms. The second-order valence-corrected chi connectivity index (χ2v) is 9.23. The number of benzene rings is 2. The maximum absolute atomic E-state index is 13.0. The Hall–Kier alpha value is -2.70. The number of carbonyl (C=O) groups is 1. The molecule has 0 saturated heterocycles. The Morgan fingerprint density at radius 1 is 1.04 bits per heavy atom. The Balaban J connectivity index is 2.07. The highest BCUT2D eigenvalue weighted by molar-refractivity contribution is 7.90. The van der Waals surface area contributed by atoms with Crippen molar-refractivity contribution in [1.29, 1.82) is 0 Å². The lowest BCUT2D eigenvalue weighted by Gasteiger charge is -2.28. The van der Waals surface area contributed by atoms with Gasteiger partial charge in [0, 0.05) is 24.7 Å². The van der Waals surface area contributed by atoms with Gasteiger partial charge in [0.15, 0.2) is 0 Å². The molecule has 2 N–H and O–H groups in total. The molecule has 146 valence electrons. The molecule has 0 saturated carbocycles. The third kappa shape index (κ3) is 3.53. The van der Waals surface area contributed by atoms with Gasteiger partial charge in [-0.2, -0.15) is 0 Å². The highest BCUT2D eigenvalue weighted by Gasteiger charge is 2.39. The minimum atomic E-state index is -3.91. The van der Waals surface area contributed by atoms with Crippen molar-refractivity contribution in [2.75, 3.05) is 0 Å². The first-order chi connectivity index (χ1) is 13.1. The molecule has 0 fully saturated rings. The van der Waals surface area contributed by atoms with Gasteiger partial charge in [0.2, 0.25) is 15.8 Å². The number of aryl methyl sites for hydroxylation is 1. The SMILES string of the molecule is Cc1cc(CC(C)(c2ccccc2)S(N)(=O)=O)n(C)c1C(=O)c1ccccc1. The summed E-state index contributed by atoms with van der Waals surface area (Å²) in [7, 11) is -2.12. The van der Waals surface area contributed by atoms with Crippen molar-refractivity contribution in [2.24, 2.45) is 12.2 Å². The highest BCUT2D eigenvalue weighted by Crippen LogP contribution is 2.33. The van der Waals surface area contributed by atoms with E-state index in [9.17, 15) is 13.2 Å². The summed E-state index contributed by atoms with van der Waals surface area (Å²) in [6, 6.07) is 19.8. The molecule has 3 rings (SSSR count). The molecule has 3 aromatic rings. The summed E-state index contributed by atoms with van der Waals surface area (Å²) in [6.45, 7) is 3.48. The maximum Gasteiger partial charge on any atom is 0.219 e. The van der Waals surface area contributed by atoms with Crippen molar-refractivity contribution in [3.05, 3.63) is 94.8 Å². The smallest absolute Gasteiger partial charge is 0.219 e. The molecule has 1 heterocycles. The first-order valence-electron chi connectivity index (χ1n) is 8.98. The van der Waals surface area contributed by atoms with Crippen LogP contribution in [0.15, 0.2) is 66.7 Å². The molecule has 1 atom stereocenters. The van der Waals surface area contributed by atoms with Gasteiger partial charge in [-0.1, -0.05) is 60.7 Å². The summed E-state index contributed by atoms with van der Waals surface area (Å²) in [5, 5.41) is 5.64. The van der Waals surface area contributed by atoms with Crippen LogP contribution in [0.2, 0.25) is 0 Å². The van der Waals surface area contributed by atoms with Crippen molar-refractivity contribution in [1.82, 2.24) is 4.57 Å². The quantitative estimate of drug-likeness (QED) is 0.649. The Morgan fingerprint density at radius 3 is 2.11 bits per heavy atom. The average molecular weight is 397 g/mol. The van der Waals surface area contributed by atoms with Crippen LogP contribution in [0.3, 0.4) is 0 Å². The van der Waals surface area contributed by atoms with Crippen LogP contribution in [0.1, 0.15) is 39.8 Å². The van der Waals surface area contributed by atoms with Crippen molar-refractivity contribution >= 4 is 15.8 Å². The molecular formula is C22H24N2O3S. The lowest BCUT2D eigenvalue weighted by molar-refractivity contribution is 0.103. The van der Waals surface area contributed by atoms with Crippen molar-refractivity contribution < 1.29 is 13.2 Å². The van der Waals surface area contributed by atoms with Crippen LogP contribution in [-0.4, -0.2) is 18.8 Å². The average Bonchev–Trinajstić information content (AvgIpc) is 2.94. The van der Waals surface area contributed by atoms with E-state index in [4.69, 9.17) is 5.14 Å². The zero-order valence-electron chi connectivity index (χ0n) is 16.2. The van der Waals surface area contributed by atoms with E-state index in [1.165, 1.54) is 0 Å². The number of hydrogen-bond donors (Lipinski definition) is 1. The minimum absolute atomic E-state index is 0.0936. The number of aromatic nitrogens is 1. The largest absolute Gasteiger partial charge is 0.345 e. The van der Waals surface area contributed by atoms with Crippen LogP contribution in [0.5, 0.6) is 0 Å². The van der Waals surface area contributed by atoms with E-state index in [1.54, 1.807) is 54.9 Å². The maximum atomic E-state index is 13.0. The lowest BCUT2D eigenvalue weighted by Crippen LogP contribution is -2.40. The van der Waals surface area contributed by atoms with Gasteiger partial charge in [-0.3, -0.25) is 4.79 Å². The summed E-state index contributed by atoms with van der Waals surface area (Å²) in [5.74, 6) is -0.0936. The van der Waals surface area contributed by atoms with Gasteiger partial charge in [0.05, 0.1) is 5.69 Å². The Bertz CT molecular complexity index is 1100. The fourth-order valence-corrected chi connectivity index (χ4v) is 4.37. The summed E-state index contributed by atoms with van der Waals surface area (Å²) >= 11 is 0. The van der Waals surface area contributed by atoms with Gasteiger partial charge in [0.1, 0.15) is 4.75 Å². The Labute approximate surface area is 165 Å². The molecule has 2 aromatic carbocycles. The first kappa shape index (κ1) is 20.0. The fraction of sp³-hybridized carbons (Fsp3) is 0.227. The van der Waals surface area contributed by atoms with Crippen LogP contribution in [0, 0.1) is 6.92 Å². The van der Waals surface area contributed by atoms with E-state index in [0.29, 0.717) is 16.8 Å². The van der Waals surface area contributed by atoms with Crippen LogP contribution < -0.4 is 5.14 Å². The standard InChI is InChI=1S/C22H24N2O3S/c1-16-14-19(24(3)20(16)21(25)17-10-6-4-7-11-17)15-22(2,28(23,26)27)18-12-8-5-9-13-18/h4-14H,15H2,1-3H3,(H2,23,26,27). The summed E-state index contributed by atoms with van der Waals surface area (Å²) < 4.78 is 25.5. The van der Waals surface area contributed by atoms with Gasteiger partial charge in [-0.25, -0.2) is 13.6 Å². The summed E-state index contributed by atoms with van der Waals surface area (Å²) in [4.78, 5) is 13.0. The number of hydrogen-bond acceptors (Lipinski definition) is 3. The van der Waals surface area contributed by atoms with Crippen molar-refractivity contribution in [2.45, 2.75) is 25.0 Å². The zero-order chi connectivity index (χ0) is 20.5. The molecule has 1 aromatic heterocycles. The number of rotatable bonds is 6. The van der Waals surface area contributed by atoms with E-state index in [-0.39, 0.29) is 12.2 Å². The molecule has 0 spiro atoms. The molecule has 1 unspecified atom stereocenters. The zero-order valence-corrected chi connectivity index (χ0v) is 17.0. The second-order valence-electron chi connectivity index (χ2n) is 7.24. The molecule has 0 aliphatic rings. The predicted octanol–water partition coefficient (Wildman–Crippen LogP) is 3.31. The van der Waals surface area contributed by atoms with E-state index < -0.39 is 14.8 Å². The molecule has 0 amide bonds. The van der Waals surface area contributed by atoms with Crippen molar-refractivity contribution in [3.8, 4) is 0 Å². The molecule has 0 bridgehead atoms. The van der Waals surface area contributed by atoms with E-state index in [0.717, 1.165) is 11.3 Å². The highest BCUT2D eigenvalue weighted by atomic mass is 32.2. The summed E-state index contributed by atoms with van der Waals surface area (Å²) in [6.07, 6.45) is 0.162. The number of carbonyl (C=O) groups excluding carboxylic acids is 1. The minimum Gasteiger partial charge on any atom is -0.345 e. The van der Waals surface area contributed by atoms with Gasteiger partial charge in [0.25, 0.3) is 0 Å². The number of ketones is 1. The predicted molar refractivity (Wildman–Crippen MR) is 111 cm³/mol. The van der Waals surface area contributed by atoms with Crippen LogP contribution in [0.4, 0.5) is 0 Å². The monoisotopic (exact) mass is 396 g/mol.